The topological polar surface area (TPSA) is 86.7 Å². The minimum absolute atomic E-state index is 0.183. The number of nitrogens with one attached hydrogen (secondary N) is 1. The summed E-state index contributed by atoms with van der Waals surface area (Å²) in [5.74, 6) is -0.716. The summed E-state index contributed by atoms with van der Waals surface area (Å²) in [6, 6.07) is 13.2. The van der Waals surface area contributed by atoms with Crippen LogP contribution < -0.4 is 9.62 Å². The van der Waals surface area contributed by atoms with E-state index in [-0.39, 0.29) is 12.5 Å². The minimum Gasteiger partial charge on any atom is -0.481 e. The molecule has 1 atom stereocenters. The zero-order valence-electron chi connectivity index (χ0n) is 19.0. The van der Waals surface area contributed by atoms with Crippen LogP contribution in [0, 0.1) is 6.92 Å². The van der Waals surface area contributed by atoms with Gasteiger partial charge in [0.2, 0.25) is 0 Å². The van der Waals surface area contributed by atoms with Gasteiger partial charge in [-0.15, -0.1) is 0 Å². The third kappa shape index (κ3) is 5.70. The lowest BCUT2D eigenvalue weighted by molar-refractivity contribution is -0.137. The molecule has 0 amide bonds. The first kappa shape index (κ1) is 24.3. The van der Waals surface area contributed by atoms with E-state index in [0.29, 0.717) is 10.6 Å². The van der Waals surface area contributed by atoms with E-state index in [1.807, 2.05) is 43.3 Å². The molecule has 0 fully saturated rings. The van der Waals surface area contributed by atoms with E-state index in [1.54, 1.807) is 13.1 Å². The van der Waals surface area contributed by atoms with Crippen LogP contribution in [-0.4, -0.2) is 33.1 Å². The first-order valence-electron chi connectivity index (χ1n) is 11.5. The second kappa shape index (κ2) is 11.0. The van der Waals surface area contributed by atoms with E-state index < -0.39 is 16.0 Å². The number of hydrogen-bond acceptors (Lipinski definition) is 4. The molecule has 7 heteroatoms. The summed E-state index contributed by atoms with van der Waals surface area (Å²) < 4.78 is 28.0. The van der Waals surface area contributed by atoms with Crippen LogP contribution in [0.2, 0.25) is 0 Å². The van der Waals surface area contributed by atoms with Gasteiger partial charge < -0.3 is 10.4 Å². The number of aryl methyl sites for hydroxylation is 1. The lowest BCUT2D eigenvalue weighted by Crippen LogP contribution is -2.26. The van der Waals surface area contributed by atoms with Crippen LogP contribution in [0.4, 0.5) is 5.69 Å². The predicted octanol–water partition coefficient (Wildman–Crippen LogP) is 5.02. The van der Waals surface area contributed by atoms with Crippen LogP contribution in [0.5, 0.6) is 0 Å². The Morgan fingerprint density at radius 2 is 1.62 bits per heavy atom. The Hall–Kier alpha value is -2.38. The van der Waals surface area contributed by atoms with Crippen LogP contribution >= 0.6 is 0 Å². The van der Waals surface area contributed by atoms with E-state index in [9.17, 15) is 13.2 Å². The average Bonchev–Trinajstić information content (AvgIpc) is 2.83. The molecule has 1 heterocycles. The standard InChI is InChI=1S/C25H34N2O4S/c1-19-15-16-21-23(18-19)32(30,31)27(2)22-13-10-9-12-20(22)25(21)26-17-11-7-5-3-4-6-8-14-24(28)29/h9-10,12-13,15-16,18,25-26H,3-8,11,14,17H2,1-2H3,(H,28,29). The molecule has 0 aromatic heterocycles. The van der Waals surface area contributed by atoms with Crippen LogP contribution in [0.15, 0.2) is 47.4 Å². The molecule has 1 aliphatic rings. The van der Waals surface area contributed by atoms with Gasteiger partial charge in [0.1, 0.15) is 0 Å². The fraction of sp³-hybridized carbons (Fsp3) is 0.480. The number of benzene rings is 2. The van der Waals surface area contributed by atoms with Gasteiger partial charge in [-0.05, 0) is 55.1 Å². The maximum Gasteiger partial charge on any atom is 0.303 e. The summed E-state index contributed by atoms with van der Waals surface area (Å²) in [6.07, 6.45) is 7.43. The fourth-order valence-corrected chi connectivity index (χ4v) is 5.86. The van der Waals surface area contributed by atoms with Gasteiger partial charge in [-0.2, -0.15) is 0 Å². The van der Waals surface area contributed by atoms with Crippen molar-refractivity contribution >= 4 is 21.7 Å². The summed E-state index contributed by atoms with van der Waals surface area (Å²) >= 11 is 0. The lowest BCUT2D eigenvalue weighted by atomic mass is 9.96. The fourth-order valence-electron chi connectivity index (χ4n) is 4.32. The number of carboxylic acid groups (broad SMARTS) is 1. The highest BCUT2D eigenvalue weighted by atomic mass is 32.2. The third-order valence-corrected chi connectivity index (χ3v) is 7.95. The first-order chi connectivity index (χ1) is 15.3. The molecule has 0 saturated carbocycles. The molecule has 0 aliphatic carbocycles. The molecular formula is C25H34N2O4S. The van der Waals surface area contributed by atoms with Gasteiger partial charge in [-0.1, -0.05) is 62.4 Å². The normalized spacial score (nSPS) is 16.8. The third-order valence-electron chi connectivity index (χ3n) is 6.12. The molecule has 6 nitrogen and oxygen atoms in total. The van der Waals surface area contributed by atoms with Crippen molar-refractivity contribution in [3.8, 4) is 0 Å². The quantitative estimate of drug-likeness (QED) is 0.462. The predicted molar refractivity (Wildman–Crippen MR) is 128 cm³/mol. The Morgan fingerprint density at radius 1 is 0.969 bits per heavy atom. The summed E-state index contributed by atoms with van der Waals surface area (Å²) in [7, 11) is -2.00. The minimum atomic E-state index is -3.63. The zero-order valence-corrected chi connectivity index (χ0v) is 19.8. The number of rotatable bonds is 11. The maximum absolute atomic E-state index is 13.3. The molecule has 0 bridgehead atoms. The van der Waals surface area contributed by atoms with Crippen LogP contribution in [0.1, 0.15) is 74.1 Å². The maximum atomic E-state index is 13.3. The van der Waals surface area contributed by atoms with Crippen molar-refractivity contribution in [3.63, 3.8) is 0 Å². The largest absolute Gasteiger partial charge is 0.481 e. The van der Waals surface area contributed by atoms with Crippen LogP contribution in [0.25, 0.3) is 0 Å². The van der Waals surface area contributed by atoms with E-state index in [0.717, 1.165) is 68.2 Å². The second-order valence-corrected chi connectivity index (χ2v) is 10.5. The zero-order chi connectivity index (χ0) is 23.1. The summed E-state index contributed by atoms with van der Waals surface area (Å²) in [5.41, 5.74) is 3.40. The van der Waals surface area contributed by atoms with Gasteiger partial charge in [0.15, 0.2) is 0 Å². The molecule has 0 radical (unpaired) electrons. The SMILES string of the molecule is Cc1ccc2c(c1)S(=O)(=O)N(C)c1ccccc1C2NCCCCCCCCCC(=O)O. The van der Waals surface area contributed by atoms with E-state index in [1.165, 1.54) is 4.31 Å². The number of hydrogen-bond donors (Lipinski definition) is 2. The number of carbonyl (C=O) groups is 1. The lowest BCUT2D eigenvalue weighted by Gasteiger charge is -2.22. The highest BCUT2D eigenvalue weighted by Gasteiger charge is 2.34. The van der Waals surface area contributed by atoms with Crippen molar-refractivity contribution < 1.29 is 18.3 Å². The summed E-state index contributed by atoms with van der Waals surface area (Å²) in [6.45, 7) is 2.72. The number of anilines is 1. The van der Waals surface area contributed by atoms with E-state index in [2.05, 4.69) is 5.32 Å². The second-order valence-electron chi connectivity index (χ2n) is 8.58. The van der Waals surface area contributed by atoms with Crippen molar-refractivity contribution in [3.05, 3.63) is 59.2 Å². The van der Waals surface area contributed by atoms with Gasteiger partial charge in [0, 0.05) is 13.5 Å². The molecule has 0 saturated heterocycles. The molecule has 1 aliphatic heterocycles. The Bertz CT molecular complexity index is 1040. The van der Waals surface area contributed by atoms with Gasteiger partial charge in [0.05, 0.1) is 16.6 Å². The van der Waals surface area contributed by atoms with Crippen LogP contribution in [-0.2, 0) is 14.8 Å². The number of nitrogens with zero attached hydrogens (tertiary/aromatic N) is 1. The van der Waals surface area contributed by atoms with Crippen molar-refractivity contribution in [2.45, 2.75) is 69.2 Å². The molecule has 32 heavy (non-hydrogen) atoms. The number of fused-ring (bicyclic) bond motifs is 2. The highest BCUT2D eigenvalue weighted by molar-refractivity contribution is 7.92. The Kier molecular flexibility index (Phi) is 8.32. The molecule has 2 aromatic carbocycles. The first-order valence-corrected chi connectivity index (χ1v) is 12.9. The number of unbranched alkanes of at least 4 members (excludes halogenated alkanes) is 6. The number of para-hydroxylation sites is 1. The van der Waals surface area contributed by atoms with E-state index >= 15 is 0 Å². The van der Waals surface area contributed by atoms with E-state index in [4.69, 9.17) is 5.11 Å². The summed E-state index contributed by atoms with van der Waals surface area (Å²) in [4.78, 5) is 10.9. The number of carboxylic acids is 1. The number of aliphatic carboxylic acids is 1. The van der Waals surface area contributed by atoms with Gasteiger partial charge >= 0.3 is 5.97 Å². The Balaban J connectivity index is 1.64. The monoisotopic (exact) mass is 458 g/mol. The van der Waals surface area contributed by atoms with Crippen molar-refractivity contribution in [1.29, 1.82) is 0 Å². The highest BCUT2D eigenvalue weighted by Crippen LogP contribution is 2.40. The van der Waals surface area contributed by atoms with Crippen LogP contribution in [0.3, 0.4) is 0 Å². The molecule has 2 N–H and O–H groups in total. The van der Waals surface area contributed by atoms with Crippen molar-refractivity contribution in [1.82, 2.24) is 5.32 Å². The molecular weight excluding hydrogens is 424 g/mol. The Morgan fingerprint density at radius 3 is 2.34 bits per heavy atom. The van der Waals surface area contributed by atoms with Crippen molar-refractivity contribution in [2.24, 2.45) is 0 Å². The molecule has 0 spiro atoms. The smallest absolute Gasteiger partial charge is 0.303 e. The van der Waals surface area contributed by atoms with Gasteiger partial charge in [-0.25, -0.2) is 8.42 Å². The van der Waals surface area contributed by atoms with Crippen molar-refractivity contribution in [2.75, 3.05) is 17.9 Å². The summed E-state index contributed by atoms with van der Waals surface area (Å²) in [5, 5.41) is 12.3. The number of sulfonamides is 1. The van der Waals surface area contributed by atoms with Gasteiger partial charge in [0.25, 0.3) is 10.0 Å². The molecule has 1 unspecified atom stereocenters. The molecule has 174 valence electrons. The van der Waals surface area contributed by atoms with Gasteiger partial charge in [-0.3, -0.25) is 9.10 Å². The average molecular weight is 459 g/mol. The Labute approximate surface area is 191 Å². The molecule has 2 aromatic rings. The molecule has 3 rings (SSSR count).